The third-order valence-electron chi connectivity index (χ3n) is 7.04. The van der Waals surface area contributed by atoms with Gasteiger partial charge in [-0.2, -0.15) is 0 Å². The molecule has 5 N–H and O–H groups in total. The van der Waals surface area contributed by atoms with Crippen molar-refractivity contribution in [1.82, 2.24) is 24.9 Å². The van der Waals surface area contributed by atoms with Crippen molar-refractivity contribution in [1.29, 1.82) is 0 Å². The Morgan fingerprint density at radius 2 is 1.79 bits per heavy atom. The van der Waals surface area contributed by atoms with Gasteiger partial charge in [-0.1, -0.05) is 18.2 Å². The van der Waals surface area contributed by atoms with E-state index in [2.05, 4.69) is 16.0 Å². The molecule has 1 aromatic heterocycles. The van der Waals surface area contributed by atoms with Gasteiger partial charge in [0, 0.05) is 44.5 Å². The predicted octanol–water partition coefficient (Wildman–Crippen LogP) is 3.27. The molecule has 42 heavy (non-hydrogen) atoms. The van der Waals surface area contributed by atoms with E-state index in [0.29, 0.717) is 42.6 Å². The zero-order valence-corrected chi connectivity index (χ0v) is 23.7. The summed E-state index contributed by atoms with van der Waals surface area (Å²) in [6, 6.07) is 12.7. The number of nitrogens with one attached hydrogen (secondary N) is 3. The van der Waals surface area contributed by atoms with E-state index in [-0.39, 0.29) is 23.0 Å². The van der Waals surface area contributed by atoms with Gasteiger partial charge in [-0.15, -0.1) is 0 Å². The fraction of sp³-hybridized carbons (Fsp3) is 0.300. The molecule has 0 spiro atoms. The Morgan fingerprint density at radius 3 is 2.45 bits per heavy atom. The molecule has 12 heteroatoms. The number of aromatic nitrogens is 2. The lowest BCUT2D eigenvalue weighted by Gasteiger charge is -2.22. The largest absolute Gasteiger partial charge is 0.454 e. The van der Waals surface area contributed by atoms with E-state index < -0.39 is 22.8 Å². The van der Waals surface area contributed by atoms with Crippen molar-refractivity contribution >= 4 is 17.6 Å². The number of hydrogen-bond donors (Lipinski definition) is 4. The maximum Gasteiger partial charge on any atom is 0.322 e. The van der Waals surface area contributed by atoms with Gasteiger partial charge in [0.05, 0.1) is 16.9 Å². The van der Waals surface area contributed by atoms with Crippen LogP contribution in [0.5, 0.6) is 5.75 Å². The minimum atomic E-state index is -1.04. The molecule has 0 atom stereocenters. The molecule has 0 aliphatic carbocycles. The van der Waals surface area contributed by atoms with Gasteiger partial charge in [-0.3, -0.25) is 19.6 Å². The molecule has 5 rings (SSSR count). The van der Waals surface area contributed by atoms with Gasteiger partial charge in [0.15, 0.2) is 11.6 Å². The highest BCUT2D eigenvalue weighted by molar-refractivity contribution is 6.05. The van der Waals surface area contributed by atoms with Gasteiger partial charge in [-0.25, -0.2) is 13.9 Å². The van der Waals surface area contributed by atoms with Crippen LogP contribution in [0.4, 0.5) is 14.9 Å². The van der Waals surface area contributed by atoms with Crippen molar-refractivity contribution in [2.75, 3.05) is 25.0 Å². The normalized spacial score (nSPS) is 15.0. The first-order valence-electron chi connectivity index (χ1n) is 13.7. The Hall–Kier alpha value is -4.84. The van der Waals surface area contributed by atoms with Crippen LogP contribution in [0.3, 0.4) is 0 Å². The van der Waals surface area contributed by atoms with E-state index in [0.717, 1.165) is 18.9 Å². The number of rotatable bonds is 7. The number of allylic oxidation sites excluding steroid dienone is 1. The van der Waals surface area contributed by atoms with Crippen LogP contribution in [0, 0.1) is 5.82 Å². The molecule has 11 nitrogen and oxygen atoms in total. The molecular formula is C30H34FN7O4. The number of carbonyl (C=O) groups excluding carboxylic acids is 2. The fourth-order valence-corrected chi connectivity index (χ4v) is 5.17. The third-order valence-corrected chi connectivity index (χ3v) is 7.04. The number of hydrogen-bond acceptors (Lipinski definition) is 6. The van der Waals surface area contributed by atoms with Gasteiger partial charge in [0.2, 0.25) is 0 Å². The lowest BCUT2D eigenvalue weighted by atomic mass is 9.97. The number of ether oxygens (including phenoxy) is 1. The first kappa shape index (κ1) is 28.7. The second-order valence-electron chi connectivity index (χ2n) is 10.8. The van der Waals surface area contributed by atoms with E-state index in [9.17, 15) is 14.4 Å². The van der Waals surface area contributed by atoms with Crippen molar-refractivity contribution in [3.05, 3.63) is 99.7 Å². The average Bonchev–Trinajstić information content (AvgIpc) is 3.57. The number of likely N-dealkylation sites (tertiary alicyclic amines) is 1. The van der Waals surface area contributed by atoms with Crippen LogP contribution in [0.1, 0.15) is 42.7 Å². The first-order valence-corrected chi connectivity index (χ1v) is 13.7. The monoisotopic (exact) mass is 575 g/mol. The summed E-state index contributed by atoms with van der Waals surface area (Å²) in [4.78, 5) is 41.0. The fourth-order valence-electron chi connectivity index (χ4n) is 5.17. The number of para-hydroxylation sites is 1. The molecule has 3 heterocycles. The Morgan fingerprint density at radius 1 is 1.07 bits per heavy atom. The molecule has 1 saturated heterocycles. The van der Waals surface area contributed by atoms with Gasteiger partial charge >= 0.3 is 6.03 Å². The van der Waals surface area contributed by atoms with Crippen molar-refractivity contribution in [2.45, 2.75) is 32.2 Å². The molecule has 3 amide bonds. The molecular weight excluding hydrogens is 541 g/mol. The van der Waals surface area contributed by atoms with E-state index in [1.54, 1.807) is 66.9 Å². The standard InChI is InChI=1S/C30H34FN7O4/c1-30(2,32)26-25(28(40)38(36(26)3)20-9-5-4-6-10-20)27(39)34-19-11-12-23(22(31)17-19)42-21-13-14-33-24(18-21)35-29(41)37-15-7-8-16-37/h4-6,9-13,17-18,33H,7-8,14-16,32H2,1-3H3,(H,34,39)(H,35,41). The number of amides is 3. The number of urea groups is 1. The molecule has 0 unspecified atom stereocenters. The minimum Gasteiger partial charge on any atom is -0.454 e. The Bertz CT molecular complexity index is 1630. The number of dihydropyridines is 1. The highest BCUT2D eigenvalue weighted by Gasteiger charge is 2.32. The summed E-state index contributed by atoms with van der Waals surface area (Å²) < 4.78 is 23.8. The third kappa shape index (κ3) is 5.93. The zero-order chi connectivity index (χ0) is 30.0. The van der Waals surface area contributed by atoms with E-state index in [1.165, 1.54) is 16.8 Å². The lowest BCUT2D eigenvalue weighted by Crippen LogP contribution is -2.41. The molecule has 1 fully saturated rings. The molecule has 0 saturated carbocycles. The Balaban J connectivity index is 1.33. The van der Waals surface area contributed by atoms with Crippen LogP contribution in [0.15, 0.2) is 77.1 Å². The van der Waals surface area contributed by atoms with Crippen LogP contribution < -0.4 is 32.0 Å². The quantitative estimate of drug-likeness (QED) is 0.342. The maximum atomic E-state index is 15.1. The molecule has 220 valence electrons. The molecule has 0 radical (unpaired) electrons. The maximum absolute atomic E-state index is 15.1. The van der Waals surface area contributed by atoms with Gasteiger partial charge in [-0.05, 0) is 57.0 Å². The summed E-state index contributed by atoms with van der Waals surface area (Å²) >= 11 is 0. The summed E-state index contributed by atoms with van der Waals surface area (Å²) in [5.74, 6) is -0.706. The molecule has 0 bridgehead atoms. The lowest BCUT2D eigenvalue weighted by molar-refractivity contribution is 0.102. The minimum absolute atomic E-state index is 0.0717. The highest BCUT2D eigenvalue weighted by atomic mass is 19.1. The van der Waals surface area contributed by atoms with Crippen molar-refractivity contribution in [3.63, 3.8) is 0 Å². The van der Waals surface area contributed by atoms with Gasteiger partial charge in [0.25, 0.3) is 11.5 Å². The molecule has 2 aliphatic rings. The zero-order valence-electron chi connectivity index (χ0n) is 23.7. The van der Waals surface area contributed by atoms with E-state index in [1.807, 2.05) is 6.07 Å². The van der Waals surface area contributed by atoms with Crippen LogP contribution in [-0.4, -0.2) is 45.8 Å². The van der Waals surface area contributed by atoms with Crippen molar-refractivity contribution < 1.29 is 18.7 Å². The van der Waals surface area contributed by atoms with Gasteiger partial charge < -0.3 is 26.0 Å². The van der Waals surface area contributed by atoms with Crippen molar-refractivity contribution in [2.24, 2.45) is 12.8 Å². The number of nitrogens with two attached hydrogens (primary N) is 1. The number of benzene rings is 2. The first-order chi connectivity index (χ1) is 20.0. The number of nitrogens with zero attached hydrogens (tertiary/aromatic N) is 3. The van der Waals surface area contributed by atoms with Gasteiger partial charge in [0.1, 0.15) is 17.1 Å². The summed E-state index contributed by atoms with van der Waals surface area (Å²) in [6.07, 6.45) is 5.25. The SMILES string of the molecule is Cn1c(C(C)(C)N)c(C(=O)Nc2ccc(OC3=CCNC(NC(=O)N4CCCC4)=C3)c(F)c2)c(=O)n1-c1ccccc1. The Kier molecular flexibility index (Phi) is 7.90. The predicted molar refractivity (Wildman–Crippen MR) is 157 cm³/mol. The molecule has 3 aromatic rings. The van der Waals surface area contributed by atoms with Crippen LogP contribution in [-0.2, 0) is 12.6 Å². The van der Waals surface area contributed by atoms with Crippen LogP contribution >= 0.6 is 0 Å². The topological polar surface area (TPSA) is 136 Å². The molecule has 2 aromatic carbocycles. The summed E-state index contributed by atoms with van der Waals surface area (Å²) in [5.41, 5.74) is 5.69. The molecule has 2 aliphatic heterocycles. The van der Waals surface area contributed by atoms with Crippen molar-refractivity contribution in [3.8, 4) is 11.4 Å². The second kappa shape index (κ2) is 11.6. The van der Waals surface area contributed by atoms with Crippen LogP contribution in [0.25, 0.3) is 5.69 Å². The summed E-state index contributed by atoms with van der Waals surface area (Å²) in [7, 11) is 1.66. The average molecular weight is 576 g/mol. The second-order valence-corrected chi connectivity index (χ2v) is 10.8. The Labute approximate surface area is 242 Å². The number of anilines is 1. The van der Waals surface area contributed by atoms with Crippen LogP contribution in [0.2, 0.25) is 0 Å². The van der Waals surface area contributed by atoms with E-state index >= 15 is 4.39 Å². The van der Waals surface area contributed by atoms with E-state index in [4.69, 9.17) is 10.5 Å². The smallest absolute Gasteiger partial charge is 0.322 e. The highest BCUT2D eigenvalue weighted by Crippen LogP contribution is 2.26. The number of halogens is 1. The summed E-state index contributed by atoms with van der Waals surface area (Å²) in [5, 5.41) is 8.49. The number of carbonyl (C=O) groups is 2. The summed E-state index contributed by atoms with van der Waals surface area (Å²) in [6.45, 7) is 5.21.